The Balaban J connectivity index is 1.72. The Hall–Kier alpha value is -2.89. The molecule has 1 aliphatic heterocycles. The molecule has 1 fully saturated rings. The van der Waals surface area contributed by atoms with Crippen molar-refractivity contribution >= 4 is 11.8 Å². The molecular weight excluding hydrogens is 294 g/mol. The van der Waals surface area contributed by atoms with Gasteiger partial charge >= 0.3 is 0 Å². The van der Waals surface area contributed by atoms with Crippen molar-refractivity contribution in [3.63, 3.8) is 0 Å². The number of amides is 2. The fraction of sp³-hybridized carbons (Fsp3) is 0.235. The minimum atomic E-state index is -0.506. The van der Waals surface area contributed by atoms with Gasteiger partial charge < -0.3 is 15.4 Å². The lowest BCUT2D eigenvalue weighted by Gasteiger charge is -2.22. The number of hydrogen-bond donors (Lipinski definition) is 1. The Morgan fingerprint density at radius 2 is 1.96 bits per heavy atom. The number of carbonyl (C=O) groups is 2. The Kier molecular flexibility index (Phi) is 4.23. The van der Waals surface area contributed by atoms with Crippen molar-refractivity contribution in [2.45, 2.75) is 18.9 Å². The molecule has 3 rings (SSSR count). The highest BCUT2D eigenvalue weighted by Gasteiger charge is 2.33. The van der Waals surface area contributed by atoms with E-state index < -0.39 is 11.9 Å². The van der Waals surface area contributed by atoms with E-state index in [-0.39, 0.29) is 5.91 Å². The summed E-state index contributed by atoms with van der Waals surface area (Å²) >= 11 is 0. The minimum absolute atomic E-state index is 0.181. The number of hydrogen-bond acceptors (Lipinski definition) is 4. The molecule has 2 amide bonds. The van der Waals surface area contributed by atoms with E-state index in [4.69, 9.17) is 10.5 Å². The number of benzene rings is 1. The van der Waals surface area contributed by atoms with E-state index in [1.165, 1.54) is 0 Å². The molecule has 6 heteroatoms. The Labute approximate surface area is 133 Å². The van der Waals surface area contributed by atoms with E-state index in [0.717, 1.165) is 6.42 Å². The molecule has 0 bridgehead atoms. The first-order valence-corrected chi connectivity index (χ1v) is 7.43. The molecule has 2 N–H and O–H groups in total. The number of aromatic nitrogens is 1. The number of nitrogens with zero attached hydrogens (tertiary/aromatic N) is 2. The lowest BCUT2D eigenvalue weighted by Crippen LogP contribution is -2.43. The first-order valence-electron chi connectivity index (χ1n) is 7.43. The van der Waals surface area contributed by atoms with Crippen LogP contribution < -0.4 is 10.5 Å². The second-order valence-electron chi connectivity index (χ2n) is 5.37. The highest BCUT2D eigenvalue weighted by atomic mass is 16.5. The second kappa shape index (κ2) is 6.48. The molecule has 0 spiro atoms. The van der Waals surface area contributed by atoms with Crippen LogP contribution in [0.15, 0.2) is 48.8 Å². The molecule has 1 unspecified atom stereocenters. The number of pyridine rings is 1. The molecule has 0 aliphatic carbocycles. The molecule has 1 aromatic heterocycles. The second-order valence-corrected chi connectivity index (χ2v) is 5.37. The topological polar surface area (TPSA) is 85.5 Å². The number of likely N-dealkylation sites (tertiary alicyclic amines) is 1. The summed E-state index contributed by atoms with van der Waals surface area (Å²) in [5, 5.41) is 0. The Morgan fingerprint density at radius 3 is 2.61 bits per heavy atom. The smallest absolute Gasteiger partial charge is 0.254 e. The van der Waals surface area contributed by atoms with Crippen LogP contribution >= 0.6 is 0 Å². The molecule has 1 atom stereocenters. The quantitative estimate of drug-likeness (QED) is 0.935. The van der Waals surface area contributed by atoms with Gasteiger partial charge in [-0.25, -0.2) is 0 Å². The fourth-order valence-electron chi connectivity index (χ4n) is 2.68. The summed E-state index contributed by atoms with van der Waals surface area (Å²) in [6, 6.07) is 9.88. The van der Waals surface area contributed by atoms with E-state index in [9.17, 15) is 9.59 Å². The van der Waals surface area contributed by atoms with Crippen molar-refractivity contribution < 1.29 is 14.3 Å². The van der Waals surface area contributed by atoms with Gasteiger partial charge in [0, 0.05) is 18.3 Å². The number of ether oxygens (including phenoxy) is 1. The average molecular weight is 311 g/mol. The Morgan fingerprint density at radius 1 is 1.17 bits per heavy atom. The van der Waals surface area contributed by atoms with Gasteiger partial charge in [-0.1, -0.05) is 0 Å². The third-order valence-corrected chi connectivity index (χ3v) is 3.81. The molecule has 2 aromatic rings. The fourth-order valence-corrected chi connectivity index (χ4v) is 2.68. The number of rotatable bonds is 4. The van der Waals surface area contributed by atoms with Crippen molar-refractivity contribution in [2.24, 2.45) is 5.73 Å². The molecule has 23 heavy (non-hydrogen) atoms. The van der Waals surface area contributed by atoms with Crippen LogP contribution in [0.1, 0.15) is 23.2 Å². The molecule has 118 valence electrons. The zero-order valence-corrected chi connectivity index (χ0v) is 12.5. The molecule has 2 heterocycles. The van der Waals surface area contributed by atoms with Gasteiger partial charge in [0.1, 0.15) is 17.5 Å². The van der Waals surface area contributed by atoms with E-state index in [1.54, 1.807) is 53.7 Å². The highest BCUT2D eigenvalue weighted by molar-refractivity contribution is 5.97. The van der Waals surface area contributed by atoms with Crippen molar-refractivity contribution in [1.82, 2.24) is 9.88 Å². The zero-order valence-electron chi connectivity index (χ0n) is 12.5. The largest absolute Gasteiger partial charge is 0.456 e. The lowest BCUT2D eigenvalue weighted by molar-refractivity contribution is -0.121. The average Bonchev–Trinajstić information content (AvgIpc) is 3.06. The highest BCUT2D eigenvalue weighted by Crippen LogP contribution is 2.23. The van der Waals surface area contributed by atoms with E-state index in [1.807, 2.05) is 0 Å². The van der Waals surface area contributed by atoms with Crippen LogP contribution in [-0.2, 0) is 4.79 Å². The summed E-state index contributed by atoms with van der Waals surface area (Å²) in [7, 11) is 0. The summed E-state index contributed by atoms with van der Waals surface area (Å²) in [6.07, 6.45) is 4.70. The van der Waals surface area contributed by atoms with Crippen LogP contribution in [-0.4, -0.2) is 34.3 Å². The summed E-state index contributed by atoms with van der Waals surface area (Å²) in [6.45, 7) is 0.556. The number of primary amides is 1. The SMILES string of the molecule is NC(=O)C1CCCN1C(=O)c1ccc(Oc2cccnc2)cc1. The minimum Gasteiger partial charge on any atom is -0.456 e. The molecular formula is C17H17N3O3. The van der Waals surface area contributed by atoms with Gasteiger partial charge in [0.25, 0.3) is 5.91 Å². The van der Waals surface area contributed by atoms with Crippen LogP contribution in [0, 0.1) is 0 Å². The standard InChI is InChI=1S/C17H17N3O3/c18-16(21)15-4-2-10-20(15)17(22)12-5-7-13(8-6-12)23-14-3-1-9-19-11-14/h1,3,5-9,11,15H,2,4,10H2,(H2,18,21). The van der Waals surface area contributed by atoms with Crippen molar-refractivity contribution in [3.8, 4) is 11.5 Å². The van der Waals surface area contributed by atoms with Gasteiger partial charge in [-0.05, 0) is 49.2 Å². The molecule has 0 radical (unpaired) electrons. The van der Waals surface area contributed by atoms with Gasteiger partial charge in [-0.3, -0.25) is 14.6 Å². The maximum atomic E-state index is 12.5. The van der Waals surface area contributed by atoms with Gasteiger partial charge in [-0.2, -0.15) is 0 Å². The summed E-state index contributed by atoms with van der Waals surface area (Å²) in [5.74, 6) is 0.606. The van der Waals surface area contributed by atoms with Crippen LogP contribution in [0.5, 0.6) is 11.5 Å². The summed E-state index contributed by atoms with van der Waals surface area (Å²) in [5.41, 5.74) is 5.87. The Bertz CT molecular complexity index is 701. The van der Waals surface area contributed by atoms with Crippen LogP contribution in [0.2, 0.25) is 0 Å². The molecule has 1 aromatic carbocycles. The number of nitrogens with two attached hydrogens (primary N) is 1. The molecule has 1 aliphatic rings. The van der Waals surface area contributed by atoms with Crippen LogP contribution in [0.25, 0.3) is 0 Å². The van der Waals surface area contributed by atoms with Crippen molar-refractivity contribution in [1.29, 1.82) is 0 Å². The van der Waals surface area contributed by atoms with Gasteiger partial charge in [-0.15, -0.1) is 0 Å². The molecule has 6 nitrogen and oxygen atoms in total. The maximum Gasteiger partial charge on any atom is 0.254 e. The lowest BCUT2D eigenvalue weighted by atomic mass is 10.1. The monoisotopic (exact) mass is 311 g/mol. The molecule has 0 saturated carbocycles. The van der Waals surface area contributed by atoms with Gasteiger partial charge in [0.05, 0.1) is 6.20 Å². The third-order valence-electron chi connectivity index (χ3n) is 3.81. The van der Waals surface area contributed by atoms with Gasteiger partial charge in [0.2, 0.25) is 5.91 Å². The first-order chi connectivity index (χ1) is 11.1. The van der Waals surface area contributed by atoms with Crippen molar-refractivity contribution in [2.75, 3.05) is 6.54 Å². The normalized spacial score (nSPS) is 17.0. The van der Waals surface area contributed by atoms with Crippen molar-refractivity contribution in [3.05, 3.63) is 54.4 Å². The third kappa shape index (κ3) is 3.31. The van der Waals surface area contributed by atoms with E-state index >= 15 is 0 Å². The van der Waals surface area contributed by atoms with Crippen LogP contribution in [0.3, 0.4) is 0 Å². The van der Waals surface area contributed by atoms with E-state index in [0.29, 0.717) is 30.0 Å². The maximum absolute atomic E-state index is 12.5. The first kappa shape index (κ1) is 15.0. The molecule has 1 saturated heterocycles. The van der Waals surface area contributed by atoms with E-state index in [2.05, 4.69) is 4.98 Å². The predicted molar refractivity (Wildman–Crippen MR) is 84.0 cm³/mol. The predicted octanol–water partition coefficient (Wildman–Crippen LogP) is 1.96. The zero-order chi connectivity index (χ0) is 16.2. The van der Waals surface area contributed by atoms with Crippen LogP contribution in [0.4, 0.5) is 0 Å². The summed E-state index contributed by atoms with van der Waals surface area (Å²) < 4.78 is 5.64. The summed E-state index contributed by atoms with van der Waals surface area (Å²) in [4.78, 5) is 29.4. The number of carbonyl (C=O) groups excluding carboxylic acids is 2. The van der Waals surface area contributed by atoms with Gasteiger partial charge in [0.15, 0.2) is 0 Å².